The van der Waals surface area contributed by atoms with E-state index in [2.05, 4.69) is 25.4 Å². The Hall–Kier alpha value is -3.20. The van der Waals surface area contributed by atoms with Gasteiger partial charge in [0.25, 0.3) is 5.91 Å². The minimum Gasteiger partial charge on any atom is -0.384 e. The number of aromatic nitrogens is 1. The number of fused-ring (bicyclic) bond motifs is 1. The molecule has 4 rings (SSSR count). The molecule has 1 aliphatic heterocycles. The first-order valence-electron chi connectivity index (χ1n) is 12.4. The van der Waals surface area contributed by atoms with E-state index >= 15 is 0 Å². The summed E-state index contributed by atoms with van der Waals surface area (Å²) in [6.45, 7) is 7.79. The second-order valence-corrected chi connectivity index (χ2v) is 9.47. The molecule has 0 spiro atoms. The molecule has 190 valence electrons. The standard InChI is InChI=1S/C27H33ClN6O2/c28-22-7-8-23-24(9-12-31-25(23)19-22)30-10-1-13-33-15-17-34(18-16-33)14-2-11-32-27(36)21-5-3-20(4-6-21)26(29)35/h3-9,12,19H,1-2,10-11,13-18H2,(H2,29,35)(H,30,31)(H,32,36). The molecule has 4 N–H and O–H groups in total. The van der Waals surface area contributed by atoms with E-state index in [-0.39, 0.29) is 5.91 Å². The fourth-order valence-electron chi connectivity index (χ4n) is 4.43. The highest BCUT2D eigenvalue weighted by molar-refractivity contribution is 6.31. The van der Waals surface area contributed by atoms with Crippen molar-refractivity contribution in [2.24, 2.45) is 5.73 Å². The molecule has 3 aromatic rings. The number of hydrogen-bond donors (Lipinski definition) is 3. The number of nitrogens with one attached hydrogen (secondary N) is 2. The van der Waals surface area contributed by atoms with Gasteiger partial charge in [-0.3, -0.25) is 14.6 Å². The van der Waals surface area contributed by atoms with Gasteiger partial charge in [0.05, 0.1) is 5.52 Å². The highest BCUT2D eigenvalue weighted by Crippen LogP contribution is 2.24. The number of pyridine rings is 1. The minimum absolute atomic E-state index is 0.131. The van der Waals surface area contributed by atoms with Crippen molar-refractivity contribution in [1.82, 2.24) is 20.1 Å². The Morgan fingerprint density at radius 1 is 0.889 bits per heavy atom. The van der Waals surface area contributed by atoms with Gasteiger partial charge in [0.15, 0.2) is 0 Å². The summed E-state index contributed by atoms with van der Waals surface area (Å²) < 4.78 is 0. The lowest BCUT2D eigenvalue weighted by atomic mass is 10.1. The summed E-state index contributed by atoms with van der Waals surface area (Å²) in [5, 5.41) is 8.28. The van der Waals surface area contributed by atoms with Crippen LogP contribution >= 0.6 is 11.6 Å². The zero-order valence-corrected chi connectivity index (χ0v) is 21.1. The molecule has 0 saturated carbocycles. The van der Waals surface area contributed by atoms with E-state index in [4.69, 9.17) is 17.3 Å². The summed E-state index contributed by atoms with van der Waals surface area (Å²) in [4.78, 5) is 32.8. The molecule has 9 heteroatoms. The number of carbonyl (C=O) groups is 2. The quantitative estimate of drug-likeness (QED) is 0.344. The van der Waals surface area contributed by atoms with Crippen LogP contribution in [-0.2, 0) is 0 Å². The average molecular weight is 509 g/mol. The average Bonchev–Trinajstić information content (AvgIpc) is 2.89. The summed E-state index contributed by atoms with van der Waals surface area (Å²) in [6.07, 6.45) is 3.79. The predicted molar refractivity (Wildman–Crippen MR) is 145 cm³/mol. The third-order valence-electron chi connectivity index (χ3n) is 6.50. The van der Waals surface area contributed by atoms with Gasteiger partial charge in [0.1, 0.15) is 0 Å². The number of primary amides is 1. The molecular weight excluding hydrogens is 476 g/mol. The van der Waals surface area contributed by atoms with Crippen molar-refractivity contribution in [1.29, 1.82) is 0 Å². The van der Waals surface area contributed by atoms with E-state index in [9.17, 15) is 9.59 Å². The summed E-state index contributed by atoms with van der Waals surface area (Å²) >= 11 is 6.08. The van der Waals surface area contributed by atoms with Gasteiger partial charge in [0, 0.05) is 72.7 Å². The Labute approximate surface area is 216 Å². The van der Waals surface area contributed by atoms with Crippen molar-refractivity contribution >= 4 is 40.0 Å². The second kappa shape index (κ2) is 12.7. The highest BCUT2D eigenvalue weighted by Gasteiger charge is 2.16. The molecule has 1 aromatic heterocycles. The number of rotatable bonds is 11. The molecule has 1 saturated heterocycles. The fraction of sp³-hybridized carbons (Fsp3) is 0.370. The van der Waals surface area contributed by atoms with Gasteiger partial charge in [-0.15, -0.1) is 0 Å². The second-order valence-electron chi connectivity index (χ2n) is 9.03. The number of hydrogen-bond acceptors (Lipinski definition) is 6. The van der Waals surface area contributed by atoms with Gasteiger partial charge in [0.2, 0.25) is 5.91 Å². The number of anilines is 1. The van der Waals surface area contributed by atoms with Crippen molar-refractivity contribution in [2.45, 2.75) is 12.8 Å². The first kappa shape index (κ1) is 25.9. The lowest BCUT2D eigenvalue weighted by Gasteiger charge is -2.34. The Morgan fingerprint density at radius 2 is 1.53 bits per heavy atom. The zero-order chi connectivity index (χ0) is 25.3. The molecular formula is C27H33ClN6O2. The molecule has 1 aliphatic rings. The van der Waals surface area contributed by atoms with E-state index in [1.165, 1.54) is 0 Å². The minimum atomic E-state index is -0.497. The lowest BCUT2D eigenvalue weighted by Crippen LogP contribution is -2.47. The number of halogens is 1. The van der Waals surface area contributed by atoms with Crippen LogP contribution in [0.25, 0.3) is 10.9 Å². The van der Waals surface area contributed by atoms with E-state index in [1.807, 2.05) is 30.5 Å². The molecule has 0 unspecified atom stereocenters. The maximum Gasteiger partial charge on any atom is 0.251 e. The van der Waals surface area contributed by atoms with Crippen LogP contribution in [-0.4, -0.2) is 79.0 Å². The normalized spacial score (nSPS) is 14.6. The number of benzene rings is 2. The van der Waals surface area contributed by atoms with E-state index in [0.29, 0.717) is 22.7 Å². The summed E-state index contributed by atoms with van der Waals surface area (Å²) in [6, 6.07) is 14.2. The molecule has 2 aromatic carbocycles. The van der Waals surface area contributed by atoms with Crippen LogP contribution in [0.3, 0.4) is 0 Å². The largest absolute Gasteiger partial charge is 0.384 e. The molecule has 2 heterocycles. The smallest absolute Gasteiger partial charge is 0.251 e. The van der Waals surface area contributed by atoms with Crippen LogP contribution in [0.15, 0.2) is 54.7 Å². The van der Waals surface area contributed by atoms with E-state index in [1.54, 1.807) is 24.3 Å². The van der Waals surface area contributed by atoms with Crippen molar-refractivity contribution in [3.63, 3.8) is 0 Å². The molecule has 36 heavy (non-hydrogen) atoms. The Morgan fingerprint density at radius 3 is 2.19 bits per heavy atom. The van der Waals surface area contributed by atoms with Gasteiger partial charge < -0.3 is 26.2 Å². The molecule has 0 bridgehead atoms. The first-order chi connectivity index (χ1) is 17.5. The topological polar surface area (TPSA) is 104 Å². The van der Waals surface area contributed by atoms with Crippen LogP contribution in [0.5, 0.6) is 0 Å². The van der Waals surface area contributed by atoms with Gasteiger partial charge in [-0.25, -0.2) is 0 Å². The number of amides is 2. The maximum atomic E-state index is 12.3. The lowest BCUT2D eigenvalue weighted by molar-refractivity contribution is 0.0945. The molecule has 0 aliphatic carbocycles. The van der Waals surface area contributed by atoms with Crippen molar-refractivity contribution in [2.75, 3.05) is 57.7 Å². The Kier molecular flexibility index (Phi) is 9.11. The van der Waals surface area contributed by atoms with Crippen molar-refractivity contribution < 1.29 is 9.59 Å². The SMILES string of the molecule is NC(=O)c1ccc(C(=O)NCCCN2CCN(CCCNc3ccnc4cc(Cl)ccc34)CC2)cc1. The predicted octanol–water partition coefficient (Wildman–Crippen LogP) is 3.23. The van der Waals surface area contributed by atoms with E-state index < -0.39 is 5.91 Å². The molecule has 0 atom stereocenters. The van der Waals surface area contributed by atoms with Crippen LogP contribution in [0, 0.1) is 0 Å². The summed E-state index contributed by atoms with van der Waals surface area (Å²) in [7, 11) is 0. The third-order valence-corrected chi connectivity index (χ3v) is 6.74. The Balaban J connectivity index is 1.08. The van der Waals surface area contributed by atoms with Crippen LogP contribution in [0.1, 0.15) is 33.6 Å². The number of carbonyl (C=O) groups excluding carboxylic acids is 2. The zero-order valence-electron chi connectivity index (χ0n) is 20.4. The van der Waals surface area contributed by atoms with Gasteiger partial charge in [-0.05, 0) is 74.5 Å². The first-order valence-corrected chi connectivity index (χ1v) is 12.8. The summed E-state index contributed by atoms with van der Waals surface area (Å²) in [5.74, 6) is -0.628. The number of nitrogens with zero attached hydrogens (tertiary/aromatic N) is 3. The van der Waals surface area contributed by atoms with Gasteiger partial charge in [-0.1, -0.05) is 11.6 Å². The monoisotopic (exact) mass is 508 g/mol. The van der Waals surface area contributed by atoms with Crippen LogP contribution in [0.2, 0.25) is 5.02 Å². The Bertz CT molecular complexity index is 1180. The van der Waals surface area contributed by atoms with Crippen molar-refractivity contribution in [3.8, 4) is 0 Å². The number of piperazine rings is 1. The molecule has 0 radical (unpaired) electrons. The summed E-state index contributed by atoms with van der Waals surface area (Å²) in [5.41, 5.74) is 8.16. The molecule has 8 nitrogen and oxygen atoms in total. The van der Waals surface area contributed by atoms with Crippen LogP contribution in [0.4, 0.5) is 5.69 Å². The fourth-order valence-corrected chi connectivity index (χ4v) is 4.60. The van der Waals surface area contributed by atoms with Gasteiger partial charge >= 0.3 is 0 Å². The maximum absolute atomic E-state index is 12.3. The molecule has 2 amide bonds. The number of nitrogens with two attached hydrogens (primary N) is 1. The van der Waals surface area contributed by atoms with E-state index in [0.717, 1.165) is 75.2 Å². The van der Waals surface area contributed by atoms with Crippen LogP contribution < -0.4 is 16.4 Å². The van der Waals surface area contributed by atoms with Crippen molar-refractivity contribution in [3.05, 3.63) is 70.9 Å². The van der Waals surface area contributed by atoms with Gasteiger partial charge in [-0.2, -0.15) is 0 Å². The third kappa shape index (κ3) is 7.16. The highest BCUT2D eigenvalue weighted by atomic mass is 35.5. The molecule has 1 fully saturated rings.